The molecule has 0 spiro atoms. The zero-order valence-electron chi connectivity index (χ0n) is 10.8. The molecule has 0 fully saturated rings. The van der Waals surface area contributed by atoms with Gasteiger partial charge in [-0.3, -0.25) is 14.9 Å². The molecular formula is C12H10BrN3O3S2. The van der Waals surface area contributed by atoms with E-state index < -0.39 is 5.97 Å². The highest BCUT2D eigenvalue weighted by Gasteiger charge is 2.14. The predicted molar refractivity (Wildman–Crippen MR) is 85.1 cm³/mol. The van der Waals surface area contributed by atoms with E-state index in [2.05, 4.69) is 31.4 Å². The third kappa shape index (κ3) is 4.26. The minimum Gasteiger partial charge on any atom is -0.481 e. The molecule has 0 unspecified atom stereocenters. The average molecular weight is 388 g/mol. The molecule has 6 nitrogen and oxygen atoms in total. The number of benzene rings is 1. The Kier molecular flexibility index (Phi) is 5.32. The standard InChI is InChI=1S/C12H10BrN3O3S2/c1-6-3-2-4-7(9(6)13)10(19)14-11-15-16-12(21-11)20-5-8(17)18/h2-4H,5H2,1H3,(H,17,18)(H,14,15,19). The second kappa shape index (κ2) is 7.01. The molecule has 1 amide bonds. The normalized spacial score (nSPS) is 10.4. The fourth-order valence-electron chi connectivity index (χ4n) is 1.43. The number of thioether (sulfide) groups is 1. The van der Waals surface area contributed by atoms with Crippen molar-refractivity contribution in [3.05, 3.63) is 33.8 Å². The predicted octanol–water partition coefficient (Wildman–Crippen LogP) is 3.04. The lowest BCUT2D eigenvalue weighted by atomic mass is 10.1. The third-order valence-corrected chi connectivity index (χ3v) is 5.39. The molecule has 0 aliphatic rings. The number of aryl methyl sites for hydroxylation is 1. The van der Waals surface area contributed by atoms with Gasteiger partial charge in [0.25, 0.3) is 5.91 Å². The van der Waals surface area contributed by atoms with Crippen LogP contribution in [0.4, 0.5) is 5.13 Å². The fourth-order valence-corrected chi connectivity index (χ4v) is 3.34. The molecule has 0 aliphatic heterocycles. The number of hydrogen-bond donors (Lipinski definition) is 2. The Hall–Kier alpha value is -1.45. The lowest BCUT2D eigenvalue weighted by Crippen LogP contribution is -2.12. The Labute approximate surface area is 137 Å². The van der Waals surface area contributed by atoms with Gasteiger partial charge >= 0.3 is 5.97 Å². The molecule has 2 rings (SSSR count). The van der Waals surface area contributed by atoms with Crippen LogP contribution < -0.4 is 5.32 Å². The molecule has 2 aromatic rings. The van der Waals surface area contributed by atoms with Crippen LogP contribution in [0.25, 0.3) is 0 Å². The van der Waals surface area contributed by atoms with Crippen LogP contribution in [0.1, 0.15) is 15.9 Å². The van der Waals surface area contributed by atoms with Crippen LogP contribution in [0.3, 0.4) is 0 Å². The molecule has 0 aliphatic carbocycles. The van der Waals surface area contributed by atoms with Gasteiger partial charge in [0, 0.05) is 4.47 Å². The Morgan fingerprint density at radius 3 is 2.90 bits per heavy atom. The van der Waals surface area contributed by atoms with Crippen molar-refractivity contribution >= 4 is 56.0 Å². The molecule has 21 heavy (non-hydrogen) atoms. The Morgan fingerprint density at radius 1 is 1.43 bits per heavy atom. The van der Waals surface area contributed by atoms with E-state index in [1.807, 2.05) is 13.0 Å². The van der Waals surface area contributed by atoms with Gasteiger partial charge in [0.15, 0.2) is 4.34 Å². The third-order valence-electron chi connectivity index (χ3n) is 2.38. The zero-order valence-corrected chi connectivity index (χ0v) is 14.0. The van der Waals surface area contributed by atoms with Crippen LogP contribution in [0.5, 0.6) is 0 Å². The lowest BCUT2D eigenvalue weighted by molar-refractivity contribution is -0.133. The van der Waals surface area contributed by atoms with Crippen molar-refractivity contribution in [2.24, 2.45) is 0 Å². The number of carboxylic acids is 1. The highest BCUT2D eigenvalue weighted by atomic mass is 79.9. The van der Waals surface area contributed by atoms with Crippen LogP contribution in [-0.2, 0) is 4.79 Å². The van der Waals surface area contributed by atoms with Gasteiger partial charge in [0.2, 0.25) is 5.13 Å². The quantitative estimate of drug-likeness (QED) is 0.604. The van der Waals surface area contributed by atoms with Crippen molar-refractivity contribution in [1.82, 2.24) is 10.2 Å². The van der Waals surface area contributed by atoms with E-state index in [0.29, 0.717) is 15.0 Å². The molecule has 110 valence electrons. The summed E-state index contributed by atoms with van der Waals surface area (Å²) in [6, 6.07) is 5.39. The summed E-state index contributed by atoms with van der Waals surface area (Å²) in [7, 11) is 0. The van der Waals surface area contributed by atoms with Crippen molar-refractivity contribution in [3.8, 4) is 0 Å². The van der Waals surface area contributed by atoms with E-state index in [1.165, 1.54) is 0 Å². The van der Waals surface area contributed by atoms with E-state index in [0.717, 1.165) is 33.1 Å². The highest BCUT2D eigenvalue weighted by molar-refractivity contribution is 9.10. The van der Waals surface area contributed by atoms with Crippen molar-refractivity contribution in [1.29, 1.82) is 0 Å². The molecule has 1 aromatic heterocycles. The molecule has 0 atom stereocenters. The Bertz CT molecular complexity index is 690. The summed E-state index contributed by atoms with van der Waals surface area (Å²) in [5.74, 6) is -1.31. The number of anilines is 1. The van der Waals surface area contributed by atoms with Crippen LogP contribution in [0.15, 0.2) is 27.0 Å². The first kappa shape index (κ1) is 15.9. The number of carbonyl (C=O) groups excluding carboxylic acids is 1. The molecule has 1 heterocycles. The molecule has 9 heteroatoms. The molecule has 0 bridgehead atoms. The van der Waals surface area contributed by atoms with Gasteiger partial charge in [0.05, 0.1) is 11.3 Å². The number of halogens is 1. The zero-order chi connectivity index (χ0) is 15.4. The van der Waals surface area contributed by atoms with Crippen molar-refractivity contribution < 1.29 is 14.7 Å². The van der Waals surface area contributed by atoms with Gasteiger partial charge in [0.1, 0.15) is 0 Å². The molecule has 2 N–H and O–H groups in total. The van der Waals surface area contributed by atoms with Crippen molar-refractivity contribution in [2.45, 2.75) is 11.3 Å². The number of rotatable bonds is 5. The maximum atomic E-state index is 12.2. The van der Waals surface area contributed by atoms with E-state index in [1.54, 1.807) is 12.1 Å². The first-order valence-electron chi connectivity index (χ1n) is 5.72. The van der Waals surface area contributed by atoms with Gasteiger partial charge in [-0.15, -0.1) is 10.2 Å². The van der Waals surface area contributed by atoms with Crippen LogP contribution in [0, 0.1) is 6.92 Å². The Balaban J connectivity index is 2.06. The number of carboxylic acid groups (broad SMARTS) is 1. The molecule has 0 saturated carbocycles. The Morgan fingerprint density at radius 2 is 2.19 bits per heavy atom. The maximum absolute atomic E-state index is 12.2. The maximum Gasteiger partial charge on any atom is 0.313 e. The van der Waals surface area contributed by atoms with E-state index >= 15 is 0 Å². The second-order valence-electron chi connectivity index (χ2n) is 3.95. The first-order chi connectivity index (χ1) is 9.97. The van der Waals surface area contributed by atoms with Crippen LogP contribution >= 0.6 is 39.0 Å². The SMILES string of the molecule is Cc1cccc(C(=O)Nc2nnc(SCC(=O)O)s2)c1Br. The van der Waals surface area contributed by atoms with Crippen molar-refractivity contribution in [3.63, 3.8) is 0 Å². The van der Waals surface area contributed by atoms with Gasteiger partial charge in [-0.25, -0.2) is 0 Å². The summed E-state index contributed by atoms with van der Waals surface area (Å²) in [5, 5.41) is 19.2. The van der Waals surface area contributed by atoms with Crippen molar-refractivity contribution in [2.75, 3.05) is 11.1 Å². The van der Waals surface area contributed by atoms with E-state index in [4.69, 9.17) is 5.11 Å². The number of aromatic nitrogens is 2. The van der Waals surface area contributed by atoms with Crippen LogP contribution in [-0.4, -0.2) is 32.9 Å². The summed E-state index contributed by atoms with van der Waals surface area (Å²) in [6.07, 6.45) is 0. The highest BCUT2D eigenvalue weighted by Crippen LogP contribution is 2.27. The van der Waals surface area contributed by atoms with E-state index in [-0.39, 0.29) is 11.7 Å². The number of nitrogens with one attached hydrogen (secondary N) is 1. The van der Waals surface area contributed by atoms with Gasteiger partial charge in [-0.1, -0.05) is 35.2 Å². The minimum atomic E-state index is -0.926. The monoisotopic (exact) mass is 387 g/mol. The smallest absolute Gasteiger partial charge is 0.313 e. The van der Waals surface area contributed by atoms with Gasteiger partial charge < -0.3 is 5.11 Å². The summed E-state index contributed by atoms with van der Waals surface area (Å²) >= 11 is 5.58. The minimum absolute atomic E-state index is 0.0913. The largest absolute Gasteiger partial charge is 0.481 e. The number of hydrogen-bond acceptors (Lipinski definition) is 6. The van der Waals surface area contributed by atoms with E-state index in [9.17, 15) is 9.59 Å². The average Bonchev–Trinajstić information content (AvgIpc) is 2.87. The molecule has 0 saturated heterocycles. The lowest BCUT2D eigenvalue weighted by Gasteiger charge is -2.05. The summed E-state index contributed by atoms with van der Waals surface area (Å²) in [6.45, 7) is 1.90. The molecule has 1 aromatic carbocycles. The summed E-state index contributed by atoms with van der Waals surface area (Å²) in [4.78, 5) is 22.6. The van der Waals surface area contributed by atoms with Crippen LogP contribution in [0.2, 0.25) is 0 Å². The number of nitrogens with zero attached hydrogens (tertiary/aromatic N) is 2. The topological polar surface area (TPSA) is 92.2 Å². The fraction of sp³-hybridized carbons (Fsp3) is 0.167. The number of carbonyl (C=O) groups is 2. The number of amides is 1. The molecular weight excluding hydrogens is 378 g/mol. The van der Waals surface area contributed by atoms with Gasteiger partial charge in [-0.2, -0.15) is 0 Å². The summed E-state index contributed by atoms with van der Waals surface area (Å²) in [5.41, 5.74) is 1.46. The first-order valence-corrected chi connectivity index (χ1v) is 8.31. The number of aliphatic carboxylic acids is 1. The summed E-state index contributed by atoms with van der Waals surface area (Å²) < 4.78 is 1.23. The van der Waals surface area contributed by atoms with Gasteiger partial charge in [-0.05, 0) is 34.5 Å². The second-order valence-corrected chi connectivity index (χ2v) is 6.94. The molecule has 0 radical (unpaired) electrons.